The highest BCUT2D eigenvalue weighted by molar-refractivity contribution is 5.64. The molecule has 0 radical (unpaired) electrons. The highest BCUT2D eigenvalue weighted by Gasteiger charge is 2.09. The topological polar surface area (TPSA) is 37.3 Å². The number of phenols is 1. The van der Waals surface area contributed by atoms with E-state index in [0.717, 1.165) is 11.8 Å². The van der Waals surface area contributed by atoms with Crippen LogP contribution in [0.25, 0.3) is 0 Å². The van der Waals surface area contributed by atoms with Crippen LogP contribution in [0.3, 0.4) is 0 Å². The Hall–Kier alpha value is -1.31. The minimum Gasteiger partial charge on any atom is -0.507 e. The molecule has 1 aromatic rings. The molecule has 1 aromatic carbocycles. The van der Waals surface area contributed by atoms with E-state index in [2.05, 4.69) is 0 Å². The number of aryl methyl sites for hydroxylation is 1. The predicted octanol–water partition coefficient (Wildman–Crippen LogP) is 2.00. The maximum absolute atomic E-state index is 10.5. The van der Waals surface area contributed by atoms with Gasteiger partial charge in [-0.15, -0.1) is 0 Å². The molecule has 0 bridgehead atoms. The van der Waals surface area contributed by atoms with Crippen molar-refractivity contribution in [1.29, 1.82) is 0 Å². The number of carbonyl (C=O) groups excluding carboxylic acids is 1. The summed E-state index contributed by atoms with van der Waals surface area (Å²) in [5.41, 5.74) is 1.51. The van der Waals surface area contributed by atoms with Gasteiger partial charge in [-0.3, -0.25) is 0 Å². The molecule has 1 rings (SSSR count). The molecular formula is C10H12O2. The van der Waals surface area contributed by atoms with Crippen molar-refractivity contribution in [3.63, 3.8) is 0 Å². The largest absolute Gasteiger partial charge is 0.507 e. The average molecular weight is 164 g/mol. The van der Waals surface area contributed by atoms with Crippen LogP contribution >= 0.6 is 0 Å². The molecule has 0 aliphatic rings. The monoisotopic (exact) mass is 164 g/mol. The standard InChI is InChI=1S/C10H12O2/c1-7-4-3-5-9(10(7)12)8(2)6-11/h3-6,8,12H,1-2H3. The average Bonchev–Trinajstić information content (AvgIpc) is 2.08. The zero-order chi connectivity index (χ0) is 9.14. The Morgan fingerprint density at radius 1 is 1.50 bits per heavy atom. The maximum atomic E-state index is 10.5. The molecule has 0 spiro atoms. The Kier molecular flexibility index (Phi) is 2.48. The van der Waals surface area contributed by atoms with Gasteiger partial charge in [-0.05, 0) is 12.5 Å². The number of aldehydes is 1. The first-order valence-electron chi connectivity index (χ1n) is 3.90. The third kappa shape index (κ3) is 1.47. The number of phenolic OH excluding ortho intramolecular Hbond substituents is 1. The van der Waals surface area contributed by atoms with E-state index < -0.39 is 0 Å². The second kappa shape index (κ2) is 3.39. The molecule has 0 aliphatic heterocycles. The van der Waals surface area contributed by atoms with Gasteiger partial charge in [0.1, 0.15) is 12.0 Å². The van der Waals surface area contributed by atoms with E-state index in [1.54, 1.807) is 13.0 Å². The molecule has 0 saturated carbocycles. The minimum absolute atomic E-state index is 0.232. The predicted molar refractivity (Wildman–Crippen MR) is 47.3 cm³/mol. The first-order chi connectivity index (χ1) is 5.66. The van der Waals surface area contributed by atoms with Crippen molar-refractivity contribution in [3.05, 3.63) is 29.3 Å². The van der Waals surface area contributed by atoms with Crippen LogP contribution in [0.15, 0.2) is 18.2 Å². The van der Waals surface area contributed by atoms with Gasteiger partial charge in [-0.1, -0.05) is 25.1 Å². The zero-order valence-electron chi connectivity index (χ0n) is 7.24. The van der Waals surface area contributed by atoms with Gasteiger partial charge in [0, 0.05) is 11.5 Å². The third-order valence-electron chi connectivity index (χ3n) is 1.96. The molecule has 0 fully saturated rings. The first-order valence-corrected chi connectivity index (χ1v) is 3.90. The number of para-hydroxylation sites is 1. The summed E-state index contributed by atoms with van der Waals surface area (Å²) < 4.78 is 0. The van der Waals surface area contributed by atoms with E-state index in [-0.39, 0.29) is 11.7 Å². The molecule has 1 atom stereocenters. The van der Waals surface area contributed by atoms with E-state index >= 15 is 0 Å². The van der Waals surface area contributed by atoms with Crippen molar-refractivity contribution in [2.45, 2.75) is 19.8 Å². The van der Waals surface area contributed by atoms with Gasteiger partial charge in [0.15, 0.2) is 0 Å². The summed E-state index contributed by atoms with van der Waals surface area (Å²) >= 11 is 0. The second-order valence-corrected chi connectivity index (χ2v) is 2.94. The first kappa shape index (κ1) is 8.78. The fourth-order valence-corrected chi connectivity index (χ4v) is 1.12. The van der Waals surface area contributed by atoms with Crippen LogP contribution in [0.1, 0.15) is 24.0 Å². The quantitative estimate of drug-likeness (QED) is 0.679. The molecule has 1 N–H and O–H groups in total. The van der Waals surface area contributed by atoms with Crippen LogP contribution < -0.4 is 0 Å². The van der Waals surface area contributed by atoms with E-state index in [9.17, 15) is 9.90 Å². The molecular weight excluding hydrogens is 152 g/mol. The highest BCUT2D eigenvalue weighted by Crippen LogP contribution is 2.26. The van der Waals surface area contributed by atoms with Crippen molar-refractivity contribution in [3.8, 4) is 5.75 Å². The summed E-state index contributed by atoms with van der Waals surface area (Å²) in [6.45, 7) is 3.58. The van der Waals surface area contributed by atoms with Crippen LogP contribution in [0, 0.1) is 6.92 Å². The summed E-state index contributed by atoms with van der Waals surface area (Å²) in [4.78, 5) is 10.5. The van der Waals surface area contributed by atoms with Crippen molar-refractivity contribution in [1.82, 2.24) is 0 Å². The zero-order valence-corrected chi connectivity index (χ0v) is 7.24. The molecule has 0 amide bonds. The van der Waals surface area contributed by atoms with Gasteiger partial charge in [0.05, 0.1) is 0 Å². The van der Waals surface area contributed by atoms with Crippen molar-refractivity contribution in [2.75, 3.05) is 0 Å². The fourth-order valence-electron chi connectivity index (χ4n) is 1.12. The summed E-state index contributed by atoms with van der Waals surface area (Å²) in [5, 5.41) is 9.54. The molecule has 12 heavy (non-hydrogen) atoms. The second-order valence-electron chi connectivity index (χ2n) is 2.94. The highest BCUT2D eigenvalue weighted by atomic mass is 16.3. The lowest BCUT2D eigenvalue weighted by molar-refractivity contribution is -0.108. The molecule has 0 aromatic heterocycles. The number of carbonyl (C=O) groups is 1. The van der Waals surface area contributed by atoms with Crippen molar-refractivity contribution >= 4 is 6.29 Å². The number of hydrogen-bond acceptors (Lipinski definition) is 2. The lowest BCUT2D eigenvalue weighted by atomic mass is 9.99. The van der Waals surface area contributed by atoms with Gasteiger partial charge in [0.2, 0.25) is 0 Å². The van der Waals surface area contributed by atoms with E-state index in [0.29, 0.717) is 5.56 Å². The summed E-state index contributed by atoms with van der Waals surface area (Å²) in [6, 6.07) is 5.42. The van der Waals surface area contributed by atoms with E-state index in [4.69, 9.17) is 0 Å². The summed E-state index contributed by atoms with van der Waals surface area (Å²) in [7, 11) is 0. The van der Waals surface area contributed by atoms with Crippen molar-refractivity contribution in [2.24, 2.45) is 0 Å². The lowest BCUT2D eigenvalue weighted by Crippen LogP contribution is -1.95. The Morgan fingerprint density at radius 3 is 2.75 bits per heavy atom. The van der Waals surface area contributed by atoms with Crippen LogP contribution in [-0.4, -0.2) is 11.4 Å². The van der Waals surface area contributed by atoms with Crippen LogP contribution in [0.4, 0.5) is 0 Å². The van der Waals surface area contributed by atoms with Crippen LogP contribution in [0.5, 0.6) is 5.75 Å². The molecule has 1 unspecified atom stereocenters. The Bertz CT molecular complexity index is 292. The molecule has 0 heterocycles. The fraction of sp³-hybridized carbons (Fsp3) is 0.300. The van der Waals surface area contributed by atoms with Crippen LogP contribution in [-0.2, 0) is 4.79 Å². The van der Waals surface area contributed by atoms with Gasteiger partial charge in [0.25, 0.3) is 0 Å². The number of benzene rings is 1. The molecule has 2 heteroatoms. The van der Waals surface area contributed by atoms with Crippen LogP contribution in [0.2, 0.25) is 0 Å². The molecule has 64 valence electrons. The SMILES string of the molecule is Cc1cccc(C(C)C=O)c1O. The minimum atomic E-state index is -0.232. The van der Waals surface area contributed by atoms with Gasteiger partial charge in [-0.25, -0.2) is 0 Å². The van der Waals surface area contributed by atoms with E-state index in [1.165, 1.54) is 0 Å². The number of rotatable bonds is 2. The number of aromatic hydroxyl groups is 1. The third-order valence-corrected chi connectivity index (χ3v) is 1.96. The Balaban J connectivity index is 3.15. The van der Waals surface area contributed by atoms with Crippen molar-refractivity contribution < 1.29 is 9.90 Å². The summed E-state index contributed by atoms with van der Waals surface area (Å²) in [6.07, 6.45) is 0.828. The summed E-state index contributed by atoms with van der Waals surface area (Å²) in [5.74, 6) is 0.00185. The maximum Gasteiger partial charge on any atom is 0.127 e. The lowest BCUT2D eigenvalue weighted by Gasteiger charge is -2.08. The van der Waals surface area contributed by atoms with Gasteiger partial charge in [-0.2, -0.15) is 0 Å². The Labute approximate surface area is 71.8 Å². The molecule has 0 aliphatic carbocycles. The Morgan fingerprint density at radius 2 is 2.17 bits per heavy atom. The molecule has 2 nitrogen and oxygen atoms in total. The van der Waals surface area contributed by atoms with Gasteiger partial charge < -0.3 is 9.90 Å². The molecule has 0 saturated heterocycles. The smallest absolute Gasteiger partial charge is 0.127 e. The van der Waals surface area contributed by atoms with E-state index in [1.807, 2.05) is 19.1 Å². The number of hydrogen-bond donors (Lipinski definition) is 1. The van der Waals surface area contributed by atoms with Gasteiger partial charge >= 0.3 is 0 Å². The normalized spacial score (nSPS) is 12.5.